The van der Waals surface area contributed by atoms with Crippen LogP contribution in [0.25, 0.3) is 22.6 Å². The van der Waals surface area contributed by atoms with Crippen molar-refractivity contribution in [1.29, 1.82) is 0 Å². The normalized spacial score (nSPS) is 22.9. The summed E-state index contributed by atoms with van der Waals surface area (Å²) in [5, 5.41) is 9.20. The molecule has 5 heteroatoms. The molecule has 0 saturated heterocycles. The van der Waals surface area contributed by atoms with E-state index in [2.05, 4.69) is 4.98 Å². The van der Waals surface area contributed by atoms with Crippen molar-refractivity contribution < 1.29 is 14.3 Å². The third-order valence-corrected chi connectivity index (χ3v) is 5.19. The molecule has 1 saturated carbocycles. The first kappa shape index (κ1) is 17.2. The Balaban J connectivity index is 1.43. The van der Waals surface area contributed by atoms with Gasteiger partial charge in [-0.3, -0.25) is 0 Å². The molecule has 1 aliphatic rings. The topological polar surface area (TPSA) is 81.5 Å². The summed E-state index contributed by atoms with van der Waals surface area (Å²) in [4.78, 5) is 4.52. The maximum absolute atomic E-state index is 9.20. The smallest absolute Gasteiger partial charge is 0.227 e. The highest BCUT2D eigenvalue weighted by molar-refractivity contribution is 5.75. The van der Waals surface area contributed by atoms with Crippen molar-refractivity contribution >= 4 is 11.1 Å². The molecule has 1 aromatic heterocycles. The predicted octanol–water partition coefficient (Wildman–Crippen LogP) is 3.50. The molecule has 0 spiro atoms. The summed E-state index contributed by atoms with van der Waals surface area (Å²) >= 11 is 0. The first-order chi connectivity index (χ1) is 12.7. The first-order valence-corrected chi connectivity index (χ1v) is 9.17. The molecule has 0 amide bonds. The van der Waals surface area contributed by atoms with Gasteiger partial charge in [-0.25, -0.2) is 4.98 Å². The molecule has 0 aliphatic heterocycles. The van der Waals surface area contributed by atoms with Crippen LogP contribution in [-0.2, 0) is 11.3 Å². The maximum atomic E-state index is 9.20. The number of rotatable bonds is 6. The zero-order chi connectivity index (χ0) is 17.9. The number of benzene rings is 2. The number of ether oxygens (including phenoxy) is 1. The molecule has 1 heterocycles. The van der Waals surface area contributed by atoms with E-state index in [-0.39, 0.29) is 18.8 Å². The third-order valence-electron chi connectivity index (χ3n) is 5.19. The number of oxazole rings is 1. The number of nitrogens with two attached hydrogens (primary N) is 1. The number of aliphatic hydroxyl groups is 1. The number of nitrogens with zero attached hydrogens (tertiary/aromatic N) is 1. The van der Waals surface area contributed by atoms with E-state index in [0.29, 0.717) is 18.4 Å². The van der Waals surface area contributed by atoms with Crippen LogP contribution in [0.3, 0.4) is 0 Å². The number of hydrogen-bond acceptors (Lipinski definition) is 5. The Morgan fingerprint density at radius 3 is 2.69 bits per heavy atom. The fraction of sp³-hybridized carbons (Fsp3) is 0.381. The van der Waals surface area contributed by atoms with Gasteiger partial charge in [0.15, 0.2) is 5.58 Å². The van der Waals surface area contributed by atoms with E-state index >= 15 is 0 Å². The molecule has 0 bridgehead atoms. The standard InChI is InChI=1S/C21H24N2O3/c22-17-10-9-15(11-12-24)20(17)25-13-14-5-7-16(8-6-14)21-23-18-3-1-2-4-19(18)26-21/h1-8,15,17,20,24H,9-13,22H2/t15-,17-,20-/m1/s1. The van der Waals surface area contributed by atoms with Crippen LogP contribution in [0.5, 0.6) is 0 Å². The van der Waals surface area contributed by atoms with Gasteiger partial charge in [-0.1, -0.05) is 24.3 Å². The molecular weight excluding hydrogens is 328 g/mol. The van der Waals surface area contributed by atoms with E-state index in [9.17, 15) is 5.11 Å². The van der Waals surface area contributed by atoms with E-state index in [1.54, 1.807) is 0 Å². The van der Waals surface area contributed by atoms with E-state index in [1.165, 1.54) is 0 Å². The molecule has 2 aromatic carbocycles. The van der Waals surface area contributed by atoms with Crippen LogP contribution in [0, 0.1) is 5.92 Å². The molecule has 1 aliphatic carbocycles. The Hall–Kier alpha value is -2.21. The van der Waals surface area contributed by atoms with Crippen molar-refractivity contribution in [3.8, 4) is 11.5 Å². The van der Waals surface area contributed by atoms with E-state index in [1.807, 2.05) is 48.5 Å². The second-order valence-electron chi connectivity index (χ2n) is 6.97. The fourth-order valence-electron chi connectivity index (χ4n) is 3.75. The van der Waals surface area contributed by atoms with E-state index < -0.39 is 0 Å². The van der Waals surface area contributed by atoms with Gasteiger partial charge in [0, 0.05) is 18.2 Å². The lowest BCUT2D eigenvalue weighted by atomic mass is 10.0. The lowest BCUT2D eigenvalue weighted by molar-refractivity contribution is 0.000973. The van der Waals surface area contributed by atoms with Crippen molar-refractivity contribution in [2.24, 2.45) is 11.7 Å². The van der Waals surface area contributed by atoms with Crippen LogP contribution in [0.4, 0.5) is 0 Å². The molecule has 3 aromatic rings. The second kappa shape index (κ2) is 7.58. The summed E-state index contributed by atoms with van der Waals surface area (Å²) in [6.07, 6.45) is 2.78. The average Bonchev–Trinajstić information content (AvgIpc) is 3.25. The number of para-hydroxylation sites is 2. The van der Waals surface area contributed by atoms with Crippen LogP contribution in [0.1, 0.15) is 24.8 Å². The summed E-state index contributed by atoms with van der Waals surface area (Å²) in [6, 6.07) is 15.9. The van der Waals surface area contributed by atoms with Gasteiger partial charge in [-0.2, -0.15) is 0 Å². The minimum absolute atomic E-state index is 0.0267. The molecule has 5 nitrogen and oxygen atoms in total. The van der Waals surface area contributed by atoms with E-state index in [4.69, 9.17) is 14.9 Å². The SMILES string of the molecule is N[C@@H]1CC[C@H](CCO)[C@H]1OCc1ccc(-c2nc3ccccc3o2)cc1. The Bertz CT molecular complexity index is 824. The molecule has 0 unspecified atom stereocenters. The Labute approximate surface area is 152 Å². The molecule has 136 valence electrons. The van der Waals surface area contributed by atoms with Crippen molar-refractivity contribution in [3.63, 3.8) is 0 Å². The summed E-state index contributed by atoms with van der Waals surface area (Å²) in [5.41, 5.74) is 9.86. The molecule has 1 fully saturated rings. The summed E-state index contributed by atoms with van der Waals surface area (Å²) in [6.45, 7) is 0.713. The minimum atomic E-state index is 0.0267. The minimum Gasteiger partial charge on any atom is -0.436 e. The Morgan fingerprint density at radius 2 is 1.92 bits per heavy atom. The highest BCUT2D eigenvalue weighted by Crippen LogP contribution is 2.31. The van der Waals surface area contributed by atoms with Gasteiger partial charge >= 0.3 is 0 Å². The second-order valence-corrected chi connectivity index (χ2v) is 6.97. The monoisotopic (exact) mass is 352 g/mol. The highest BCUT2D eigenvalue weighted by Gasteiger charge is 2.34. The summed E-state index contributed by atoms with van der Waals surface area (Å²) in [5.74, 6) is 0.980. The Morgan fingerprint density at radius 1 is 1.12 bits per heavy atom. The number of hydrogen-bond donors (Lipinski definition) is 2. The molecule has 3 atom stereocenters. The predicted molar refractivity (Wildman–Crippen MR) is 100 cm³/mol. The number of fused-ring (bicyclic) bond motifs is 1. The zero-order valence-corrected chi connectivity index (χ0v) is 14.7. The lowest BCUT2D eigenvalue weighted by Gasteiger charge is -2.23. The molecular formula is C21H24N2O3. The van der Waals surface area contributed by atoms with Crippen molar-refractivity contribution in [1.82, 2.24) is 4.98 Å². The Kier molecular flexibility index (Phi) is 5.02. The van der Waals surface area contributed by atoms with Crippen LogP contribution in [-0.4, -0.2) is 28.8 Å². The van der Waals surface area contributed by atoms with Crippen molar-refractivity contribution in [2.75, 3.05) is 6.61 Å². The van der Waals surface area contributed by atoms with Gasteiger partial charge in [0.05, 0.1) is 12.7 Å². The third kappa shape index (κ3) is 3.51. The first-order valence-electron chi connectivity index (χ1n) is 9.17. The van der Waals surface area contributed by atoms with Crippen LogP contribution in [0.15, 0.2) is 52.9 Å². The molecule has 3 N–H and O–H groups in total. The zero-order valence-electron chi connectivity index (χ0n) is 14.7. The maximum Gasteiger partial charge on any atom is 0.227 e. The van der Waals surface area contributed by atoms with Crippen molar-refractivity contribution in [3.05, 3.63) is 54.1 Å². The largest absolute Gasteiger partial charge is 0.436 e. The molecule has 26 heavy (non-hydrogen) atoms. The van der Waals surface area contributed by atoms with Crippen LogP contribution < -0.4 is 5.73 Å². The van der Waals surface area contributed by atoms with Crippen LogP contribution >= 0.6 is 0 Å². The average molecular weight is 352 g/mol. The quantitative estimate of drug-likeness (QED) is 0.709. The van der Waals surface area contributed by atoms with Crippen LogP contribution in [0.2, 0.25) is 0 Å². The lowest BCUT2D eigenvalue weighted by Crippen LogP contribution is -2.35. The van der Waals surface area contributed by atoms with E-state index in [0.717, 1.165) is 41.5 Å². The van der Waals surface area contributed by atoms with Gasteiger partial charge in [-0.05, 0) is 55.0 Å². The van der Waals surface area contributed by atoms with Gasteiger partial charge < -0.3 is 20.0 Å². The van der Waals surface area contributed by atoms with Gasteiger partial charge in [0.1, 0.15) is 5.52 Å². The highest BCUT2D eigenvalue weighted by atomic mass is 16.5. The fourth-order valence-corrected chi connectivity index (χ4v) is 3.75. The number of aliphatic hydroxyl groups excluding tert-OH is 1. The van der Waals surface area contributed by atoms with Gasteiger partial charge in [-0.15, -0.1) is 0 Å². The van der Waals surface area contributed by atoms with Gasteiger partial charge in [0.2, 0.25) is 5.89 Å². The van der Waals surface area contributed by atoms with Gasteiger partial charge in [0.25, 0.3) is 0 Å². The molecule has 0 radical (unpaired) electrons. The number of aromatic nitrogens is 1. The molecule has 4 rings (SSSR count). The summed E-state index contributed by atoms with van der Waals surface area (Å²) in [7, 11) is 0. The van der Waals surface area contributed by atoms with Crippen molar-refractivity contribution in [2.45, 2.75) is 38.0 Å². The summed E-state index contributed by atoms with van der Waals surface area (Å²) < 4.78 is 11.9.